The summed E-state index contributed by atoms with van der Waals surface area (Å²) >= 11 is 3.34. The van der Waals surface area contributed by atoms with Crippen molar-refractivity contribution >= 4 is 21.7 Å². The monoisotopic (exact) mass is 351 g/mol. The molecule has 5 heteroatoms. The molecule has 0 amide bonds. The van der Waals surface area contributed by atoms with Crippen LogP contribution in [0, 0.1) is 12.7 Å². The van der Waals surface area contributed by atoms with Crippen LogP contribution in [0.3, 0.4) is 0 Å². The van der Waals surface area contributed by atoms with E-state index in [0.717, 1.165) is 29.7 Å². The molecule has 0 saturated carbocycles. The van der Waals surface area contributed by atoms with Crippen molar-refractivity contribution in [2.75, 3.05) is 12.3 Å². The van der Waals surface area contributed by atoms with Gasteiger partial charge in [-0.15, -0.1) is 0 Å². The zero-order chi connectivity index (χ0) is 15.4. The number of hydrogen-bond acceptors (Lipinski definition) is 3. The van der Waals surface area contributed by atoms with Gasteiger partial charge in [-0.3, -0.25) is 0 Å². The van der Waals surface area contributed by atoms with Crippen molar-refractivity contribution < 1.29 is 4.39 Å². The van der Waals surface area contributed by atoms with E-state index < -0.39 is 0 Å². The summed E-state index contributed by atoms with van der Waals surface area (Å²) in [7, 11) is 0. The van der Waals surface area contributed by atoms with Crippen LogP contribution in [-0.2, 0) is 0 Å². The molecule has 0 spiro atoms. The summed E-state index contributed by atoms with van der Waals surface area (Å²) in [6.45, 7) is 4.86. The summed E-state index contributed by atoms with van der Waals surface area (Å²) in [6, 6.07) is 6.69. The normalized spacial score (nSPS) is 12.4. The molecular formula is C16H19BrFN3. The second-order valence-corrected chi connectivity index (χ2v) is 5.99. The van der Waals surface area contributed by atoms with E-state index in [1.54, 1.807) is 6.20 Å². The molecule has 0 aliphatic carbocycles. The first kappa shape index (κ1) is 15.9. The average molecular weight is 352 g/mol. The number of nitrogens with zero attached hydrogens (tertiary/aromatic N) is 1. The third-order valence-electron chi connectivity index (χ3n) is 3.21. The van der Waals surface area contributed by atoms with E-state index in [1.165, 1.54) is 12.1 Å². The van der Waals surface area contributed by atoms with Gasteiger partial charge in [0.1, 0.15) is 11.6 Å². The molecule has 21 heavy (non-hydrogen) atoms. The summed E-state index contributed by atoms with van der Waals surface area (Å²) in [5.41, 5.74) is 8.75. The van der Waals surface area contributed by atoms with Gasteiger partial charge in [-0.05, 0) is 55.3 Å². The zero-order valence-electron chi connectivity index (χ0n) is 12.2. The van der Waals surface area contributed by atoms with E-state index in [4.69, 9.17) is 5.73 Å². The maximum atomic E-state index is 13.7. The summed E-state index contributed by atoms with van der Waals surface area (Å²) < 4.78 is 14.4. The lowest BCUT2D eigenvalue weighted by atomic mass is 9.98. The molecule has 0 saturated heterocycles. The summed E-state index contributed by atoms with van der Waals surface area (Å²) in [4.78, 5) is 4.21. The molecule has 1 atom stereocenters. The molecule has 112 valence electrons. The third-order valence-corrected chi connectivity index (χ3v) is 3.67. The Morgan fingerprint density at radius 1 is 1.33 bits per heavy atom. The smallest absolute Gasteiger partial charge is 0.128 e. The van der Waals surface area contributed by atoms with Crippen LogP contribution in [0.15, 0.2) is 34.9 Å². The molecule has 1 heterocycles. The fraction of sp³-hybridized carbons (Fsp3) is 0.312. The predicted molar refractivity (Wildman–Crippen MR) is 87.6 cm³/mol. The van der Waals surface area contributed by atoms with Gasteiger partial charge in [0.05, 0.1) is 6.04 Å². The molecule has 1 aromatic carbocycles. The van der Waals surface area contributed by atoms with Crippen LogP contribution in [0.1, 0.15) is 36.1 Å². The van der Waals surface area contributed by atoms with Gasteiger partial charge in [0.2, 0.25) is 0 Å². The molecule has 1 aromatic heterocycles. The zero-order valence-corrected chi connectivity index (χ0v) is 13.7. The van der Waals surface area contributed by atoms with E-state index in [1.807, 2.05) is 19.1 Å². The highest BCUT2D eigenvalue weighted by atomic mass is 79.9. The maximum Gasteiger partial charge on any atom is 0.128 e. The molecule has 2 rings (SSSR count). The quantitative estimate of drug-likeness (QED) is 0.856. The van der Waals surface area contributed by atoms with Crippen molar-refractivity contribution in [3.05, 3.63) is 57.4 Å². The number of anilines is 1. The number of benzene rings is 1. The molecule has 0 radical (unpaired) electrons. The molecule has 2 aromatic rings. The Labute approximate surface area is 132 Å². The lowest BCUT2D eigenvalue weighted by Gasteiger charge is -2.21. The van der Waals surface area contributed by atoms with Crippen LogP contribution in [0.4, 0.5) is 10.2 Å². The molecule has 0 bridgehead atoms. The minimum Gasteiger partial charge on any atom is -0.383 e. The number of nitrogen functional groups attached to an aromatic ring is 1. The number of rotatable bonds is 5. The number of aromatic nitrogens is 1. The fourth-order valence-electron chi connectivity index (χ4n) is 2.27. The standard InChI is InChI=1S/C16H19BrFN3/c1-3-4-20-15(11-6-12(17)8-13(18)7-11)14-5-10(2)9-21-16(14)19/h5-9,15,20H,3-4H2,1-2H3,(H2,19,21). The Morgan fingerprint density at radius 3 is 2.76 bits per heavy atom. The van der Waals surface area contributed by atoms with Gasteiger partial charge in [0, 0.05) is 16.2 Å². The Hall–Kier alpha value is -1.46. The van der Waals surface area contributed by atoms with Gasteiger partial charge in [-0.1, -0.05) is 22.9 Å². The molecule has 1 unspecified atom stereocenters. The highest BCUT2D eigenvalue weighted by molar-refractivity contribution is 9.10. The van der Waals surface area contributed by atoms with Crippen LogP contribution in [0.2, 0.25) is 0 Å². The van der Waals surface area contributed by atoms with Crippen LogP contribution < -0.4 is 11.1 Å². The summed E-state index contributed by atoms with van der Waals surface area (Å²) in [6.07, 6.45) is 2.71. The Morgan fingerprint density at radius 2 is 2.10 bits per heavy atom. The van der Waals surface area contributed by atoms with Gasteiger partial charge in [0.25, 0.3) is 0 Å². The number of pyridine rings is 1. The van der Waals surface area contributed by atoms with Crippen LogP contribution >= 0.6 is 15.9 Å². The van der Waals surface area contributed by atoms with E-state index in [9.17, 15) is 4.39 Å². The number of nitrogens with two attached hydrogens (primary N) is 1. The Kier molecular flexibility index (Phi) is 5.31. The fourth-order valence-corrected chi connectivity index (χ4v) is 2.75. The van der Waals surface area contributed by atoms with Crippen LogP contribution in [-0.4, -0.2) is 11.5 Å². The van der Waals surface area contributed by atoms with E-state index >= 15 is 0 Å². The number of hydrogen-bond donors (Lipinski definition) is 2. The molecule has 0 fully saturated rings. The molecule has 3 N–H and O–H groups in total. The van der Waals surface area contributed by atoms with Crippen molar-refractivity contribution in [2.45, 2.75) is 26.3 Å². The molecule has 3 nitrogen and oxygen atoms in total. The first-order valence-corrected chi connectivity index (χ1v) is 7.72. The Bertz CT molecular complexity index is 611. The first-order valence-electron chi connectivity index (χ1n) is 6.92. The number of halogens is 2. The van der Waals surface area contributed by atoms with E-state index in [-0.39, 0.29) is 11.9 Å². The van der Waals surface area contributed by atoms with Gasteiger partial charge < -0.3 is 11.1 Å². The summed E-state index contributed by atoms with van der Waals surface area (Å²) in [5, 5.41) is 3.42. The van der Waals surface area contributed by atoms with Gasteiger partial charge >= 0.3 is 0 Å². The first-order chi connectivity index (χ1) is 10.0. The van der Waals surface area contributed by atoms with Gasteiger partial charge in [0.15, 0.2) is 0 Å². The molecule has 0 aliphatic heterocycles. The third kappa shape index (κ3) is 4.02. The highest BCUT2D eigenvalue weighted by Gasteiger charge is 2.18. The number of nitrogens with one attached hydrogen (secondary N) is 1. The summed E-state index contributed by atoms with van der Waals surface area (Å²) in [5.74, 6) is 0.191. The average Bonchev–Trinajstić information content (AvgIpc) is 2.42. The van der Waals surface area contributed by atoms with Crippen molar-refractivity contribution in [2.24, 2.45) is 0 Å². The second-order valence-electron chi connectivity index (χ2n) is 5.08. The largest absolute Gasteiger partial charge is 0.383 e. The lowest BCUT2D eigenvalue weighted by Crippen LogP contribution is -2.24. The highest BCUT2D eigenvalue weighted by Crippen LogP contribution is 2.29. The number of aryl methyl sites for hydroxylation is 1. The molecular weight excluding hydrogens is 333 g/mol. The topological polar surface area (TPSA) is 50.9 Å². The molecule has 0 aliphatic rings. The van der Waals surface area contributed by atoms with Crippen molar-refractivity contribution in [1.82, 2.24) is 10.3 Å². The van der Waals surface area contributed by atoms with Crippen molar-refractivity contribution in [3.63, 3.8) is 0 Å². The van der Waals surface area contributed by atoms with Crippen LogP contribution in [0.25, 0.3) is 0 Å². The SMILES string of the molecule is CCCNC(c1cc(F)cc(Br)c1)c1cc(C)cnc1N. The second kappa shape index (κ2) is 7.00. The van der Waals surface area contributed by atoms with Gasteiger partial charge in [-0.25, -0.2) is 9.37 Å². The van der Waals surface area contributed by atoms with Gasteiger partial charge in [-0.2, -0.15) is 0 Å². The van der Waals surface area contributed by atoms with E-state index in [0.29, 0.717) is 10.3 Å². The predicted octanol–water partition coefficient (Wildman–Crippen LogP) is 3.96. The lowest BCUT2D eigenvalue weighted by molar-refractivity contribution is 0.584. The van der Waals surface area contributed by atoms with Crippen LogP contribution in [0.5, 0.6) is 0 Å². The van der Waals surface area contributed by atoms with Crippen molar-refractivity contribution in [1.29, 1.82) is 0 Å². The Balaban J connectivity index is 2.49. The van der Waals surface area contributed by atoms with Crippen molar-refractivity contribution in [3.8, 4) is 0 Å². The minimum absolute atomic E-state index is 0.177. The maximum absolute atomic E-state index is 13.7. The minimum atomic E-state index is -0.276. The van der Waals surface area contributed by atoms with E-state index in [2.05, 4.69) is 33.2 Å².